The first-order valence-electron chi connectivity index (χ1n) is 6.96. The molecule has 0 aromatic carbocycles. The fourth-order valence-electron chi connectivity index (χ4n) is 2.82. The van der Waals surface area contributed by atoms with Gasteiger partial charge in [-0.3, -0.25) is 9.59 Å². The number of nitrogens with zero attached hydrogens (tertiary/aromatic N) is 1. The molecule has 1 aliphatic heterocycles. The van der Waals surface area contributed by atoms with Gasteiger partial charge in [0, 0.05) is 13.6 Å². The van der Waals surface area contributed by atoms with Crippen LogP contribution in [0.3, 0.4) is 0 Å². The van der Waals surface area contributed by atoms with Gasteiger partial charge in [-0.25, -0.2) is 0 Å². The van der Waals surface area contributed by atoms with E-state index in [0.717, 1.165) is 11.3 Å². The summed E-state index contributed by atoms with van der Waals surface area (Å²) >= 11 is 0. The number of nitrogens with one attached hydrogen (secondary N) is 1. The maximum absolute atomic E-state index is 14.2. The Bertz CT molecular complexity index is 410. The minimum Gasteiger partial charge on any atom is -0.383 e. The summed E-state index contributed by atoms with van der Waals surface area (Å²) < 4.78 is 28.4. The Morgan fingerprint density at radius 2 is 1.95 bits per heavy atom. The van der Waals surface area contributed by atoms with E-state index in [2.05, 4.69) is 5.32 Å². The third kappa shape index (κ3) is 2.28. The summed E-state index contributed by atoms with van der Waals surface area (Å²) in [6.07, 6.45) is 2.01. The number of halogens is 2. The van der Waals surface area contributed by atoms with Crippen LogP contribution in [0.1, 0.15) is 38.5 Å². The zero-order valence-corrected chi connectivity index (χ0v) is 11.5. The van der Waals surface area contributed by atoms with Crippen LogP contribution in [0.2, 0.25) is 0 Å². The summed E-state index contributed by atoms with van der Waals surface area (Å²) in [5.74, 6) is -5.68. The first kappa shape index (κ1) is 15.2. The minimum absolute atomic E-state index is 0.0791. The van der Waals surface area contributed by atoms with Crippen molar-refractivity contribution in [2.45, 2.75) is 56.1 Å². The average molecular weight is 290 g/mol. The van der Waals surface area contributed by atoms with Gasteiger partial charge in [-0.1, -0.05) is 0 Å². The normalized spacial score (nSPS) is 25.8. The highest BCUT2D eigenvalue weighted by atomic mass is 19.3. The molecule has 2 amide bonds. The monoisotopic (exact) mass is 290 g/mol. The predicted octanol–water partition coefficient (Wildman–Crippen LogP) is 0.664. The van der Waals surface area contributed by atoms with E-state index in [-0.39, 0.29) is 19.4 Å². The molecule has 2 N–H and O–H groups in total. The topological polar surface area (TPSA) is 69.6 Å². The standard InChI is InChI=1S/C13H20F2N2O3/c1-16-10(18)9-5-2-3-8-17(9)11(19)13(14,15)12(20)6-4-7-12/h9,20H,2-8H2,1H3,(H,16,18). The van der Waals surface area contributed by atoms with E-state index in [1.807, 2.05) is 0 Å². The number of carbonyl (C=O) groups is 2. The molecule has 0 radical (unpaired) electrons. The SMILES string of the molecule is CNC(=O)C1CCCCN1C(=O)C(F)(F)C1(O)CCC1. The van der Waals surface area contributed by atoms with Gasteiger partial charge in [-0.2, -0.15) is 8.78 Å². The van der Waals surface area contributed by atoms with Crippen LogP contribution in [0, 0.1) is 0 Å². The Morgan fingerprint density at radius 3 is 2.45 bits per heavy atom. The van der Waals surface area contributed by atoms with Crippen LogP contribution in [0.15, 0.2) is 0 Å². The maximum Gasteiger partial charge on any atom is 0.352 e. The van der Waals surface area contributed by atoms with E-state index in [4.69, 9.17) is 0 Å². The van der Waals surface area contributed by atoms with Crippen LogP contribution >= 0.6 is 0 Å². The third-order valence-electron chi connectivity index (χ3n) is 4.35. The molecule has 1 atom stereocenters. The van der Waals surface area contributed by atoms with Crippen molar-refractivity contribution in [3.8, 4) is 0 Å². The second kappa shape index (κ2) is 5.27. The van der Waals surface area contributed by atoms with Gasteiger partial charge in [-0.15, -0.1) is 0 Å². The summed E-state index contributed by atoms with van der Waals surface area (Å²) in [4.78, 5) is 24.8. The number of amides is 2. The summed E-state index contributed by atoms with van der Waals surface area (Å²) in [5.41, 5.74) is -2.24. The Kier molecular flexibility index (Phi) is 4.00. The molecule has 2 rings (SSSR count). The second-order valence-electron chi connectivity index (χ2n) is 5.58. The van der Waals surface area contributed by atoms with Gasteiger partial charge in [0.1, 0.15) is 11.6 Å². The second-order valence-corrected chi connectivity index (χ2v) is 5.58. The number of carbonyl (C=O) groups excluding carboxylic acids is 2. The first-order chi connectivity index (χ1) is 9.33. The molecule has 20 heavy (non-hydrogen) atoms. The van der Waals surface area contributed by atoms with Gasteiger partial charge in [0.2, 0.25) is 5.91 Å². The lowest BCUT2D eigenvalue weighted by Crippen LogP contribution is -2.64. The van der Waals surface area contributed by atoms with Crippen LogP contribution in [0.25, 0.3) is 0 Å². The van der Waals surface area contributed by atoms with Crippen molar-refractivity contribution in [2.24, 2.45) is 0 Å². The molecule has 1 unspecified atom stereocenters. The van der Waals surface area contributed by atoms with E-state index in [9.17, 15) is 23.5 Å². The number of likely N-dealkylation sites (N-methyl/N-ethyl adjacent to an activating group) is 1. The van der Waals surface area contributed by atoms with Crippen molar-refractivity contribution in [3.05, 3.63) is 0 Å². The molecule has 114 valence electrons. The number of alkyl halides is 2. The highest BCUT2D eigenvalue weighted by Crippen LogP contribution is 2.45. The molecule has 1 saturated carbocycles. The van der Waals surface area contributed by atoms with E-state index in [0.29, 0.717) is 19.3 Å². The molecule has 0 bridgehead atoms. The number of aliphatic hydroxyl groups is 1. The highest BCUT2D eigenvalue weighted by molar-refractivity contribution is 5.91. The average Bonchev–Trinajstić information content (AvgIpc) is 2.42. The largest absolute Gasteiger partial charge is 0.383 e. The molecule has 2 fully saturated rings. The van der Waals surface area contributed by atoms with Gasteiger partial charge in [0.05, 0.1) is 0 Å². The van der Waals surface area contributed by atoms with Crippen molar-refractivity contribution >= 4 is 11.8 Å². The number of hydrogen-bond donors (Lipinski definition) is 2. The molecule has 1 heterocycles. The van der Waals surface area contributed by atoms with E-state index in [1.165, 1.54) is 7.05 Å². The Balaban J connectivity index is 2.19. The Morgan fingerprint density at radius 1 is 1.30 bits per heavy atom. The predicted molar refractivity (Wildman–Crippen MR) is 67.2 cm³/mol. The molecule has 2 aliphatic rings. The third-order valence-corrected chi connectivity index (χ3v) is 4.35. The lowest BCUT2D eigenvalue weighted by atomic mass is 9.74. The number of rotatable bonds is 3. The minimum atomic E-state index is -3.82. The van der Waals surface area contributed by atoms with Crippen LogP contribution in [-0.4, -0.2) is 53.0 Å². The van der Waals surface area contributed by atoms with E-state index < -0.39 is 29.4 Å². The molecule has 5 nitrogen and oxygen atoms in total. The van der Waals surface area contributed by atoms with Crippen molar-refractivity contribution in [1.29, 1.82) is 0 Å². The van der Waals surface area contributed by atoms with Gasteiger partial charge in [0.25, 0.3) is 5.91 Å². The Hall–Kier alpha value is -1.24. The summed E-state index contributed by atoms with van der Waals surface area (Å²) in [6.45, 7) is 0.128. The van der Waals surface area contributed by atoms with Crippen LogP contribution in [-0.2, 0) is 9.59 Å². The van der Waals surface area contributed by atoms with Crippen molar-refractivity contribution in [1.82, 2.24) is 10.2 Å². The summed E-state index contributed by atoms with van der Waals surface area (Å²) in [5, 5.41) is 12.2. The molecule has 1 saturated heterocycles. The number of piperidine rings is 1. The fraction of sp³-hybridized carbons (Fsp3) is 0.846. The molecule has 0 aromatic rings. The molecule has 1 aliphatic carbocycles. The number of likely N-dealkylation sites (tertiary alicyclic amines) is 1. The van der Waals surface area contributed by atoms with Crippen LogP contribution in [0.5, 0.6) is 0 Å². The summed E-state index contributed by atoms with van der Waals surface area (Å²) in [7, 11) is 1.41. The molecule has 7 heteroatoms. The number of hydrogen-bond acceptors (Lipinski definition) is 3. The van der Waals surface area contributed by atoms with E-state index in [1.54, 1.807) is 0 Å². The van der Waals surface area contributed by atoms with Crippen LogP contribution in [0.4, 0.5) is 8.78 Å². The molecule has 0 aromatic heterocycles. The van der Waals surface area contributed by atoms with Crippen molar-refractivity contribution in [2.75, 3.05) is 13.6 Å². The fourth-order valence-corrected chi connectivity index (χ4v) is 2.82. The molecule has 0 spiro atoms. The molecular formula is C13H20F2N2O3. The summed E-state index contributed by atoms with van der Waals surface area (Å²) in [6, 6.07) is -0.865. The lowest BCUT2D eigenvalue weighted by Gasteiger charge is -2.45. The van der Waals surface area contributed by atoms with Crippen molar-refractivity contribution < 1.29 is 23.5 Å². The first-order valence-corrected chi connectivity index (χ1v) is 6.96. The van der Waals surface area contributed by atoms with Gasteiger partial charge in [-0.05, 0) is 38.5 Å². The van der Waals surface area contributed by atoms with Gasteiger partial charge < -0.3 is 15.3 Å². The van der Waals surface area contributed by atoms with E-state index >= 15 is 0 Å². The smallest absolute Gasteiger partial charge is 0.352 e. The van der Waals surface area contributed by atoms with Gasteiger partial charge in [0.15, 0.2) is 0 Å². The highest BCUT2D eigenvalue weighted by Gasteiger charge is 2.63. The Labute approximate surface area is 116 Å². The molecular weight excluding hydrogens is 270 g/mol. The van der Waals surface area contributed by atoms with Crippen LogP contribution < -0.4 is 5.32 Å². The quantitative estimate of drug-likeness (QED) is 0.802. The lowest BCUT2D eigenvalue weighted by molar-refractivity contribution is -0.225. The zero-order chi connectivity index (χ0) is 15.0. The van der Waals surface area contributed by atoms with Gasteiger partial charge >= 0.3 is 5.92 Å². The van der Waals surface area contributed by atoms with Crippen molar-refractivity contribution in [3.63, 3.8) is 0 Å². The maximum atomic E-state index is 14.2. The zero-order valence-electron chi connectivity index (χ0n) is 11.5.